The van der Waals surface area contributed by atoms with Crippen molar-refractivity contribution in [2.24, 2.45) is 0 Å². The molecule has 5 heteroatoms. The largest absolute Gasteiger partial charge is 0.378 e. The van der Waals surface area contributed by atoms with E-state index in [-0.39, 0.29) is 0 Å². The van der Waals surface area contributed by atoms with E-state index in [9.17, 15) is 0 Å². The maximum absolute atomic E-state index is 5.58. The molecule has 0 amide bonds. The standard InChI is InChI=1S/C32H42N4O/c1-5-9-10-16-26(13-6-2)19-20-28-25-31(36-21-23-37-24-22-36)35-32(33-28)34-30(15-8-4)29-18-12-11-17-27(29)14-7-3/h6,9-13,15-20,25H,5,7-8,14,21-24H2,1-4H3,(H,33,34,35)/b10-9+,13-6-,20-19?,26-16+,30-15-. The molecule has 0 radical (unpaired) electrons. The van der Waals surface area contributed by atoms with Gasteiger partial charge < -0.3 is 15.0 Å². The Hall–Kier alpha value is -3.44. The summed E-state index contributed by atoms with van der Waals surface area (Å²) in [5.74, 6) is 1.53. The second kappa shape index (κ2) is 15.6. The Kier molecular flexibility index (Phi) is 11.9. The lowest BCUT2D eigenvalue weighted by atomic mass is 10.00. The van der Waals surface area contributed by atoms with Gasteiger partial charge in [0.15, 0.2) is 0 Å². The van der Waals surface area contributed by atoms with Gasteiger partial charge in [0.25, 0.3) is 0 Å². The van der Waals surface area contributed by atoms with Crippen LogP contribution in [0.15, 0.2) is 78.4 Å². The first-order chi connectivity index (χ1) is 18.2. The number of hydrogen-bond acceptors (Lipinski definition) is 5. The third-order valence-corrected chi connectivity index (χ3v) is 6.02. The van der Waals surface area contributed by atoms with E-state index in [1.54, 1.807) is 0 Å². The Morgan fingerprint density at radius 2 is 1.86 bits per heavy atom. The van der Waals surface area contributed by atoms with Crippen LogP contribution in [0.1, 0.15) is 63.8 Å². The summed E-state index contributed by atoms with van der Waals surface area (Å²) in [5, 5.41) is 3.58. The van der Waals surface area contributed by atoms with Gasteiger partial charge in [-0.3, -0.25) is 0 Å². The van der Waals surface area contributed by atoms with E-state index >= 15 is 0 Å². The van der Waals surface area contributed by atoms with Crippen LogP contribution in [0.4, 0.5) is 11.8 Å². The summed E-state index contributed by atoms with van der Waals surface area (Å²) in [6, 6.07) is 10.7. The number of hydrogen-bond donors (Lipinski definition) is 1. The zero-order chi connectivity index (χ0) is 26.3. The van der Waals surface area contributed by atoms with Gasteiger partial charge in [-0.2, -0.15) is 4.98 Å². The highest BCUT2D eigenvalue weighted by Gasteiger charge is 2.16. The number of anilines is 2. The van der Waals surface area contributed by atoms with Gasteiger partial charge in [-0.1, -0.05) is 94.0 Å². The van der Waals surface area contributed by atoms with Crippen LogP contribution >= 0.6 is 0 Å². The quantitative estimate of drug-likeness (QED) is 0.305. The van der Waals surface area contributed by atoms with Crippen molar-refractivity contribution in [2.75, 3.05) is 36.5 Å². The van der Waals surface area contributed by atoms with Gasteiger partial charge in [-0.05, 0) is 43.4 Å². The Labute approximate surface area is 223 Å². The predicted octanol–water partition coefficient (Wildman–Crippen LogP) is 7.61. The molecule has 0 bridgehead atoms. The summed E-state index contributed by atoms with van der Waals surface area (Å²) < 4.78 is 5.58. The molecule has 0 saturated carbocycles. The van der Waals surface area contributed by atoms with E-state index in [1.807, 2.05) is 6.92 Å². The predicted molar refractivity (Wildman–Crippen MR) is 159 cm³/mol. The van der Waals surface area contributed by atoms with E-state index in [1.165, 1.54) is 11.1 Å². The fourth-order valence-corrected chi connectivity index (χ4v) is 4.23. The van der Waals surface area contributed by atoms with Crippen LogP contribution in [0.3, 0.4) is 0 Å². The fourth-order valence-electron chi connectivity index (χ4n) is 4.23. The Morgan fingerprint density at radius 3 is 2.59 bits per heavy atom. The zero-order valence-electron chi connectivity index (χ0n) is 22.9. The van der Waals surface area contributed by atoms with Crippen LogP contribution in [0.5, 0.6) is 0 Å². The van der Waals surface area contributed by atoms with Gasteiger partial charge in [0.2, 0.25) is 5.95 Å². The third kappa shape index (κ3) is 8.87. The fraction of sp³-hybridized carbons (Fsp3) is 0.375. The molecule has 0 atom stereocenters. The summed E-state index contributed by atoms with van der Waals surface area (Å²) in [5.41, 5.74) is 5.59. The van der Waals surface area contributed by atoms with Gasteiger partial charge >= 0.3 is 0 Å². The second-order valence-corrected chi connectivity index (χ2v) is 8.97. The van der Waals surface area contributed by atoms with E-state index in [4.69, 9.17) is 14.7 Å². The number of allylic oxidation sites excluding steroid dienone is 8. The minimum atomic E-state index is 0.608. The molecule has 1 fully saturated rings. The molecule has 5 nitrogen and oxygen atoms in total. The monoisotopic (exact) mass is 498 g/mol. The van der Waals surface area contributed by atoms with Crippen LogP contribution in [0.2, 0.25) is 0 Å². The number of nitrogens with one attached hydrogen (secondary N) is 1. The van der Waals surface area contributed by atoms with Crippen molar-refractivity contribution in [1.82, 2.24) is 9.97 Å². The molecule has 3 rings (SSSR count). The molecule has 0 spiro atoms. The topological polar surface area (TPSA) is 50.3 Å². The van der Waals surface area contributed by atoms with Crippen LogP contribution in [-0.2, 0) is 11.2 Å². The molecule has 1 aliphatic heterocycles. The molecule has 0 unspecified atom stereocenters. The minimum Gasteiger partial charge on any atom is -0.378 e. The van der Waals surface area contributed by atoms with E-state index in [0.29, 0.717) is 19.2 Å². The highest BCUT2D eigenvalue weighted by molar-refractivity contribution is 5.77. The van der Waals surface area contributed by atoms with Gasteiger partial charge in [0, 0.05) is 30.4 Å². The molecule has 1 saturated heterocycles. The van der Waals surface area contributed by atoms with E-state index < -0.39 is 0 Å². The maximum Gasteiger partial charge on any atom is 0.229 e. The Morgan fingerprint density at radius 1 is 1.05 bits per heavy atom. The molecular formula is C32H42N4O. The number of aromatic nitrogens is 2. The summed E-state index contributed by atoms with van der Waals surface area (Å²) in [6.07, 6.45) is 21.0. The highest BCUT2D eigenvalue weighted by atomic mass is 16.5. The van der Waals surface area contributed by atoms with Gasteiger partial charge in [-0.15, -0.1) is 0 Å². The molecule has 2 heterocycles. The molecule has 1 N–H and O–H groups in total. The molecule has 1 aliphatic rings. The van der Waals surface area contributed by atoms with Crippen molar-refractivity contribution >= 4 is 23.5 Å². The van der Waals surface area contributed by atoms with Crippen LogP contribution in [-0.4, -0.2) is 36.3 Å². The normalized spacial score (nSPS) is 15.4. The number of ether oxygens (including phenoxy) is 1. The van der Waals surface area contributed by atoms with Crippen molar-refractivity contribution in [1.29, 1.82) is 0 Å². The van der Waals surface area contributed by atoms with Crippen LogP contribution < -0.4 is 10.2 Å². The number of rotatable bonds is 12. The molecular weight excluding hydrogens is 456 g/mol. The summed E-state index contributed by atoms with van der Waals surface area (Å²) in [7, 11) is 0. The third-order valence-electron chi connectivity index (χ3n) is 6.02. The molecule has 2 aromatic rings. The second-order valence-electron chi connectivity index (χ2n) is 8.97. The average molecular weight is 499 g/mol. The van der Waals surface area contributed by atoms with Gasteiger partial charge in [0.1, 0.15) is 5.82 Å². The van der Waals surface area contributed by atoms with E-state index in [0.717, 1.165) is 61.6 Å². The van der Waals surface area contributed by atoms with Crippen LogP contribution in [0.25, 0.3) is 11.8 Å². The molecule has 196 valence electrons. The lowest BCUT2D eigenvalue weighted by Gasteiger charge is -2.28. The number of nitrogens with zero attached hydrogens (tertiary/aromatic N) is 3. The van der Waals surface area contributed by atoms with Crippen molar-refractivity contribution < 1.29 is 4.74 Å². The van der Waals surface area contributed by atoms with Gasteiger partial charge in [-0.25, -0.2) is 4.98 Å². The van der Waals surface area contributed by atoms with Crippen LogP contribution in [0, 0.1) is 0 Å². The molecule has 0 aliphatic carbocycles. The Bertz CT molecular complexity index is 1140. The highest BCUT2D eigenvalue weighted by Crippen LogP contribution is 2.25. The smallest absolute Gasteiger partial charge is 0.229 e. The first-order valence-electron chi connectivity index (χ1n) is 13.6. The molecule has 37 heavy (non-hydrogen) atoms. The van der Waals surface area contributed by atoms with Crippen molar-refractivity contribution in [3.63, 3.8) is 0 Å². The lowest BCUT2D eigenvalue weighted by Crippen LogP contribution is -2.37. The summed E-state index contributed by atoms with van der Waals surface area (Å²) in [4.78, 5) is 12.1. The number of benzene rings is 1. The zero-order valence-corrected chi connectivity index (χ0v) is 22.9. The molecule has 1 aromatic carbocycles. The number of morpholine rings is 1. The summed E-state index contributed by atoms with van der Waals surface area (Å²) >= 11 is 0. The lowest BCUT2D eigenvalue weighted by molar-refractivity contribution is 0.122. The summed E-state index contributed by atoms with van der Waals surface area (Å²) in [6.45, 7) is 11.6. The first kappa shape index (κ1) is 28.1. The molecule has 1 aromatic heterocycles. The van der Waals surface area contributed by atoms with Crippen molar-refractivity contribution in [2.45, 2.75) is 53.4 Å². The average Bonchev–Trinajstić information content (AvgIpc) is 2.92. The number of aryl methyl sites for hydroxylation is 1. The van der Waals surface area contributed by atoms with Crippen molar-refractivity contribution in [3.05, 3.63) is 95.3 Å². The minimum absolute atomic E-state index is 0.608. The SMILES string of the molecule is C\C=C/C(C=Cc1cc(N2CCOCC2)nc(N/C(=C\CC)c2ccccc2CCC)n1)=C\C=C\CC. The Balaban J connectivity index is 1.99. The maximum atomic E-state index is 5.58. The first-order valence-corrected chi connectivity index (χ1v) is 13.6. The van der Waals surface area contributed by atoms with Gasteiger partial charge in [0.05, 0.1) is 18.9 Å². The van der Waals surface area contributed by atoms with E-state index in [2.05, 4.69) is 110 Å². The van der Waals surface area contributed by atoms with Crippen molar-refractivity contribution in [3.8, 4) is 0 Å².